The summed E-state index contributed by atoms with van der Waals surface area (Å²) in [4.78, 5) is 27.0. The van der Waals surface area contributed by atoms with Gasteiger partial charge in [-0.05, 0) is 53.3 Å². The largest absolute Gasteiger partial charge is 0.326 e. The lowest BCUT2D eigenvalue weighted by Gasteiger charge is -2.18. The lowest BCUT2D eigenvalue weighted by atomic mass is 9.87. The van der Waals surface area contributed by atoms with Gasteiger partial charge in [-0.3, -0.25) is 14.5 Å². The second kappa shape index (κ2) is 9.75. The average Bonchev–Trinajstić information content (AvgIpc) is 2.97. The molecule has 3 rings (SSSR count). The molecule has 162 valence electrons. The van der Waals surface area contributed by atoms with Gasteiger partial charge in [-0.15, -0.1) is 0 Å². The van der Waals surface area contributed by atoms with E-state index in [1.54, 1.807) is 4.90 Å². The van der Waals surface area contributed by atoms with E-state index in [1.165, 1.54) is 41.6 Å². The van der Waals surface area contributed by atoms with E-state index in [-0.39, 0.29) is 29.5 Å². The first-order chi connectivity index (χ1) is 14.6. The quantitative estimate of drug-likeness (QED) is 0.445. The maximum Gasteiger partial charge on any atom is 0.266 e. The fourth-order valence-corrected chi connectivity index (χ4v) is 4.39. The molecule has 2 aromatic carbocycles. The number of carbonyl (C=O) groups excluding carboxylic acids is 2. The minimum absolute atomic E-state index is 0.0744. The lowest BCUT2D eigenvalue weighted by molar-refractivity contribution is -0.122. The predicted octanol–water partition coefficient (Wildman–Crippen LogP) is 5.74. The summed E-state index contributed by atoms with van der Waals surface area (Å²) in [6.07, 6.45) is 2.57. The maximum absolute atomic E-state index is 12.9. The van der Waals surface area contributed by atoms with Crippen molar-refractivity contribution in [2.24, 2.45) is 0 Å². The monoisotopic (exact) mass is 456 g/mol. The van der Waals surface area contributed by atoms with Crippen molar-refractivity contribution in [1.82, 2.24) is 4.90 Å². The molecule has 0 atom stereocenters. The van der Waals surface area contributed by atoms with Gasteiger partial charge in [-0.1, -0.05) is 69.0 Å². The molecular weight excluding hydrogens is 431 g/mol. The van der Waals surface area contributed by atoms with Crippen LogP contribution in [0, 0.1) is 5.82 Å². The molecule has 0 aliphatic carbocycles. The summed E-state index contributed by atoms with van der Waals surface area (Å²) in [7, 11) is 0. The highest BCUT2D eigenvalue weighted by molar-refractivity contribution is 8.26. The molecule has 31 heavy (non-hydrogen) atoms. The zero-order valence-electron chi connectivity index (χ0n) is 17.8. The molecule has 0 spiro atoms. The summed E-state index contributed by atoms with van der Waals surface area (Å²) < 4.78 is 13.4. The molecule has 1 heterocycles. The van der Waals surface area contributed by atoms with Crippen LogP contribution in [0.2, 0.25) is 0 Å². The average molecular weight is 457 g/mol. The van der Waals surface area contributed by atoms with E-state index < -0.39 is 0 Å². The van der Waals surface area contributed by atoms with Crippen LogP contribution in [0.1, 0.15) is 44.7 Å². The van der Waals surface area contributed by atoms with Gasteiger partial charge in [-0.2, -0.15) is 0 Å². The van der Waals surface area contributed by atoms with E-state index >= 15 is 0 Å². The number of anilines is 1. The van der Waals surface area contributed by atoms with E-state index in [0.29, 0.717) is 27.9 Å². The molecule has 1 N–H and O–H groups in total. The SMILES string of the molecule is CC(C)(C)c1ccc(/C=C2\SC(=S)N(CCCC(=O)Nc3ccc(F)cc3)C2=O)cc1. The first-order valence-electron chi connectivity index (χ1n) is 10.0. The molecule has 0 radical (unpaired) electrons. The van der Waals surface area contributed by atoms with Crippen molar-refractivity contribution in [3.63, 3.8) is 0 Å². The number of nitrogens with one attached hydrogen (secondary N) is 1. The van der Waals surface area contributed by atoms with Crippen molar-refractivity contribution in [2.45, 2.75) is 39.0 Å². The summed E-state index contributed by atoms with van der Waals surface area (Å²) in [6.45, 7) is 6.86. The highest BCUT2D eigenvalue weighted by Crippen LogP contribution is 2.33. The summed E-state index contributed by atoms with van der Waals surface area (Å²) in [5.41, 5.74) is 2.80. The Hall–Kier alpha value is -2.51. The second-order valence-electron chi connectivity index (χ2n) is 8.36. The standard InChI is InChI=1S/C24H25FN2O2S2/c1-24(2,3)17-8-6-16(7-9-17)15-20-22(29)27(23(30)31-20)14-4-5-21(28)26-19-12-10-18(25)11-13-19/h6-13,15H,4-5,14H2,1-3H3,(H,26,28)/b20-15-. The van der Waals surface area contributed by atoms with Crippen LogP contribution in [0.4, 0.5) is 10.1 Å². The van der Waals surface area contributed by atoms with Gasteiger partial charge in [0.15, 0.2) is 0 Å². The van der Waals surface area contributed by atoms with E-state index in [9.17, 15) is 14.0 Å². The van der Waals surface area contributed by atoms with Crippen molar-refractivity contribution in [1.29, 1.82) is 0 Å². The Morgan fingerprint density at radius 1 is 1.13 bits per heavy atom. The van der Waals surface area contributed by atoms with Crippen molar-refractivity contribution in [2.75, 3.05) is 11.9 Å². The number of hydrogen-bond donors (Lipinski definition) is 1. The van der Waals surface area contributed by atoms with E-state index in [4.69, 9.17) is 12.2 Å². The number of rotatable bonds is 6. The Bertz CT molecular complexity index is 1010. The molecule has 2 amide bonds. The zero-order chi connectivity index (χ0) is 22.6. The Kier molecular flexibility index (Phi) is 7.28. The van der Waals surface area contributed by atoms with Crippen LogP contribution in [0.25, 0.3) is 6.08 Å². The molecule has 2 aromatic rings. The van der Waals surface area contributed by atoms with Crippen molar-refractivity contribution in [3.05, 3.63) is 70.4 Å². The third kappa shape index (κ3) is 6.24. The summed E-state index contributed by atoms with van der Waals surface area (Å²) >= 11 is 6.65. The number of hydrogen-bond acceptors (Lipinski definition) is 4. The normalized spacial score (nSPS) is 15.6. The van der Waals surface area contributed by atoms with E-state index in [1.807, 2.05) is 18.2 Å². The Balaban J connectivity index is 1.54. The molecule has 1 aliphatic rings. The third-order valence-corrected chi connectivity index (χ3v) is 6.24. The Morgan fingerprint density at radius 2 is 1.77 bits per heavy atom. The fourth-order valence-electron chi connectivity index (χ4n) is 3.08. The number of nitrogens with zero attached hydrogens (tertiary/aromatic N) is 1. The van der Waals surface area contributed by atoms with Crippen LogP contribution in [-0.4, -0.2) is 27.6 Å². The molecule has 1 fully saturated rings. The Labute approximate surface area is 191 Å². The number of benzene rings is 2. The number of halogens is 1. The zero-order valence-corrected chi connectivity index (χ0v) is 19.4. The first-order valence-corrected chi connectivity index (χ1v) is 11.3. The topological polar surface area (TPSA) is 49.4 Å². The van der Waals surface area contributed by atoms with Crippen molar-refractivity contribution in [3.8, 4) is 0 Å². The number of carbonyl (C=O) groups is 2. The third-order valence-electron chi connectivity index (χ3n) is 4.86. The minimum Gasteiger partial charge on any atom is -0.326 e. The Morgan fingerprint density at radius 3 is 2.39 bits per heavy atom. The van der Waals surface area contributed by atoms with Gasteiger partial charge in [0.25, 0.3) is 5.91 Å². The van der Waals surface area contributed by atoms with Crippen LogP contribution in [0.15, 0.2) is 53.4 Å². The van der Waals surface area contributed by atoms with Gasteiger partial charge in [0.1, 0.15) is 10.1 Å². The predicted molar refractivity (Wildman–Crippen MR) is 129 cm³/mol. The number of thioether (sulfide) groups is 1. The van der Waals surface area contributed by atoms with Gasteiger partial charge < -0.3 is 5.32 Å². The molecule has 0 saturated carbocycles. The summed E-state index contributed by atoms with van der Waals surface area (Å²) in [5, 5.41) is 2.71. The maximum atomic E-state index is 12.9. The van der Waals surface area contributed by atoms with Crippen LogP contribution >= 0.6 is 24.0 Å². The van der Waals surface area contributed by atoms with Gasteiger partial charge in [0, 0.05) is 18.7 Å². The van der Waals surface area contributed by atoms with Crippen LogP contribution in [0.5, 0.6) is 0 Å². The fraction of sp³-hybridized carbons (Fsp3) is 0.292. The molecule has 7 heteroatoms. The van der Waals surface area contributed by atoms with Crippen molar-refractivity contribution >= 4 is 51.9 Å². The molecule has 1 aliphatic heterocycles. The minimum atomic E-state index is -0.356. The second-order valence-corrected chi connectivity index (χ2v) is 10.0. The molecule has 1 saturated heterocycles. The molecule has 0 unspecified atom stereocenters. The summed E-state index contributed by atoms with van der Waals surface area (Å²) in [5.74, 6) is -0.675. The number of thiocarbonyl (C=S) groups is 1. The van der Waals surface area contributed by atoms with Crippen LogP contribution < -0.4 is 5.32 Å². The number of amides is 2. The molecule has 0 bridgehead atoms. The summed E-state index contributed by atoms with van der Waals surface area (Å²) in [6, 6.07) is 13.8. The highest BCUT2D eigenvalue weighted by atomic mass is 32.2. The van der Waals surface area contributed by atoms with Crippen LogP contribution in [-0.2, 0) is 15.0 Å². The lowest BCUT2D eigenvalue weighted by Crippen LogP contribution is -2.29. The van der Waals surface area contributed by atoms with Gasteiger partial charge in [-0.25, -0.2) is 4.39 Å². The van der Waals surface area contributed by atoms with E-state index in [2.05, 4.69) is 38.2 Å². The van der Waals surface area contributed by atoms with Gasteiger partial charge in [0.2, 0.25) is 5.91 Å². The smallest absolute Gasteiger partial charge is 0.266 e. The molecule has 4 nitrogen and oxygen atoms in total. The molecule has 0 aromatic heterocycles. The molecular formula is C24H25FN2O2S2. The first kappa shape index (κ1) is 23.2. The van der Waals surface area contributed by atoms with Crippen LogP contribution in [0.3, 0.4) is 0 Å². The van der Waals surface area contributed by atoms with Gasteiger partial charge in [0.05, 0.1) is 4.91 Å². The van der Waals surface area contributed by atoms with Gasteiger partial charge >= 0.3 is 0 Å². The highest BCUT2D eigenvalue weighted by Gasteiger charge is 2.31. The van der Waals surface area contributed by atoms with E-state index in [0.717, 1.165) is 5.56 Å². The van der Waals surface area contributed by atoms with Crippen molar-refractivity contribution < 1.29 is 14.0 Å².